The summed E-state index contributed by atoms with van der Waals surface area (Å²) in [5, 5.41) is 2.97. The molecule has 0 bridgehead atoms. The Kier molecular flexibility index (Phi) is 5.76. The van der Waals surface area contributed by atoms with Crippen molar-refractivity contribution in [1.29, 1.82) is 0 Å². The van der Waals surface area contributed by atoms with Gasteiger partial charge in [-0.25, -0.2) is 14.8 Å². The lowest BCUT2D eigenvalue weighted by Crippen LogP contribution is -2.47. The van der Waals surface area contributed by atoms with Crippen LogP contribution in [0.1, 0.15) is 30.9 Å². The first-order valence-electron chi connectivity index (χ1n) is 10.4. The molecule has 2 aromatic rings. The van der Waals surface area contributed by atoms with E-state index in [2.05, 4.69) is 29.0 Å². The van der Waals surface area contributed by atoms with Crippen molar-refractivity contribution in [2.75, 3.05) is 37.0 Å². The number of benzene rings is 1. The third kappa shape index (κ3) is 4.33. The number of carbonyl (C=O) groups excluding carboxylic acids is 1. The molecule has 2 aliphatic heterocycles. The van der Waals surface area contributed by atoms with Gasteiger partial charge in [0.1, 0.15) is 17.4 Å². The highest BCUT2D eigenvalue weighted by atomic mass is 16.5. The molecule has 1 fully saturated rings. The molecule has 160 valence electrons. The van der Waals surface area contributed by atoms with Crippen molar-refractivity contribution in [3.8, 4) is 5.75 Å². The van der Waals surface area contributed by atoms with Gasteiger partial charge in [-0.15, -0.1) is 0 Å². The number of ether oxygens (including phenoxy) is 2. The Balaban J connectivity index is 1.55. The molecule has 8 nitrogen and oxygen atoms in total. The van der Waals surface area contributed by atoms with E-state index >= 15 is 0 Å². The van der Waals surface area contributed by atoms with E-state index in [-0.39, 0.29) is 18.2 Å². The summed E-state index contributed by atoms with van der Waals surface area (Å²) in [5.74, 6) is 2.40. The molecule has 1 aromatic carbocycles. The minimum atomic E-state index is -0.135. The number of nitrogens with one attached hydrogen (secondary N) is 1. The molecule has 2 atom stereocenters. The number of anilines is 2. The van der Waals surface area contributed by atoms with Crippen molar-refractivity contribution in [2.45, 2.75) is 45.9 Å². The van der Waals surface area contributed by atoms with Gasteiger partial charge in [0.2, 0.25) is 0 Å². The summed E-state index contributed by atoms with van der Waals surface area (Å²) in [6.45, 7) is 8.76. The predicted octanol–water partition coefficient (Wildman–Crippen LogP) is 3.00. The summed E-state index contributed by atoms with van der Waals surface area (Å²) in [7, 11) is 1.61. The number of methoxy groups -OCH3 is 1. The second-order valence-electron chi connectivity index (χ2n) is 8.02. The molecule has 2 aliphatic rings. The minimum absolute atomic E-state index is 0.135. The van der Waals surface area contributed by atoms with Gasteiger partial charge in [0.15, 0.2) is 0 Å². The number of urea groups is 1. The van der Waals surface area contributed by atoms with Crippen LogP contribution >= 0.6 is 0 Å². The van der Waals surface area contributed by atoms with Gasteiger partial charge in [-0.1, -0.05) is 6.07 Å². The van der Waals surface area contributed by atoms with Crippen LogP contribution in [0.3, 0.4) is 0 Å². The van der Waals surface area contributed by atoms with Crippen LogP contribution in [0.15, 0.2) is 24.3 Å². The van der Waals surface area contributed by atoms with E-state index < -0.39 is 0 Å². The van der Waals surface area contributed by atoms with Crippen molar-refractivity contribution in [1.82, 2.24) is 14.9 Å². The third-order valence-corrected chi connectivity index (χ3v) is 5.48. The van der Waals surface area contributed by atoms with Crippen LogP contribution in [-0.2, 0) is 17.7 Å². The highest BCUT2D eigenvalue weighted by molar-refractivity contribution is 5.89. The molecule has 2 amide bonds. The van der Waals surface area contributed by atoms with E-state index in [1.54, 1.807) is 7.11 Å². The van der Waals surface area contributed by atoms with Crippen LogP contribution in [0.25, 0.3) is 0 Å². The number of hydrogen-bond acceptors (Lipinski definition) is 6. The Morgan fingerprint density at radius 3 is 2.73 bits per heavy atom. The Morgan fingerprint density at radius 2 is 2.00 bits per heavy atom. The van der Waals surface area contributed by atoms with Crippen LogP contribution in [0.4, 0.5) is 16.3 Å². The van der Waals surface area contributed by atoms with Crippen molar-refractivity contribution in [3.05, 3.63) is 41.3 Å². The molecule has 3 heterocycles. The molecule has 0 spiro atoms. The van der Waals surface area contributed by atoms with Crippen LogP contribution < -0.4 is 15.0 Å². The monoisotopic (exact) mass is 411 g/mol. The number of amides is 2. The topological polar surface area (TPSA) is 79.8 Å². The molecule has 0 unspecified atom stereocenters. The SMILES string of the molecule is COc1cccc(NC(=O)N2CCc3nc(C)nc(N4C[C@H](C)O[C@@H](C)C4)c3C2)c1. The molecule has 8 heteroatoms. The maximum Gasteiger partial charge on any atom is 0.322 e. The first kappa shape index (κ1) is 20.4. The zero-order chi connectivity index (χ0) is 21.3. The Hall–Kier alpha value is -2.87. The number of aromatic nitrogens is 2. The number of morpholine rings is 1. The fourth-order valence-corrected chi connectivity index (χ4v) is 4.21. The molecule has 1 aromatic heterocycles. The van der Waals surface area contributed by atoms with E-state index in [0.29, 0.717) is 30.9 Å². The van der Waals surface area contributed by atoms with E-state index in [4.69, 9.17) is 14.5 Å². The summed E-state index contributed by atoms with van der Waals surface area (Å²) in [5.41, 5.74) is 2.78. The van der Waals surface area contributed by atoms with Crippen molar-refractivity contribution < 1.29 is 14.3 Å². The number of rotatable bonds is 3. The number of carbonyl (C=O) groups is 1. The second kappa shape index (κ2) is 8.47. The average molecular weight is 412 g/mol. The summed E-state index contributed by atoms with van der Waals surface area (Å²) in [6.07, 6.45) is 0.985. The largest absolute Gasteiger partial charge is 0.497 e. The number of hydrogen-bond donors (Lipinski definition) is 1. The van der Waals surface area contributed by atoms with Gasteiger partial charge in [0.25, 0.3) is 0 Å². The maximum atomic E-state index is 12.9. The summed E-state index contributed by atoms with van der Waals surface area (Å²) in [4.78, 5) is 26.5. The molecule has 1 N–H and O–H groups in total. The normalized spacial score (nSPS) is 21.2. The lowest BCUT2D eigenvalue weighted by molar-refractivity contribution is -0.00557. The zero-order valence-corrected chi connectivity index (χ0v) is 18.0. The Morgan fingerprint density at radius 1 is 1.23 bits per heavy atom. The quantitative estimate of drug-likeness (QED) is 0.836. The second-order valence-corrected chi connectivity index (χ2v) is 8.02. The van der Waals surface area contributed by atoms with Crippen LogP contribution in [0.5, 0.6) is 5.75 Å². The van der Waals surface area contributed by atoms with Crippen molar-refractivity contribution >= 4 is 17.5 Å². The molecule has 30 heavy (non-hydrogen) atoms. The van der Waals surface area contributed by atoms with Gasteiger partial charge in [0, 0.05) is 43.4 Å². The smallest absolute Gasteiger partial charge is 0.322 e. The molecule has 4 rings (SSSR count). The molecule has 1 saturated heterocycles. The van der Waals surface area contributed by atoms with E-state index in [1.165, 1.54) is 0 Å². The number of nitrogens with zero attached hydrogens (tertiary/aromatic N) is 4. The van der Waals surface area contributed by atoms with E-state index in [0.717, 1.165) is 36.0 Å². The van der Waals surface area contributed by atoms with Crippen molar-refractivity contribution in [3.63, 3.8) is 0 Å². The van der Waals surface area contributed by atoms with Gasteiger partial charge in [-0.05, 0) is 32.9 Å². The van der Waals surface area contributed by atoms with E-state index in [1.807, 2.05) is 36.1 Å². The van der Waals surface area contributed by atoms with Crippen LogP contribution in [0, 0.1) is 6.92 Å². The molecular weight excluding hydrogens is 382 g/mol. The molecule has 0 radical (unpaired) electrons. The summed E-state index contributed by atoms with van der Waals surface area (Å²) >= 11 is 0. The van der Waals surface area contributed by atoms with Gasteiger partial charge in [-0.2, -0.15) is 0 Å². The summed E-state index contributed by atoms with van der Waals surface area (Å²) < 4.78 is 11.1. The molecule has 0 aliphatic carbocycles. The lowest BCUT2D eigenvalue weighted by atomic mass is 10.0. The van der Waals surface area contributed by atoms with Gasteiger partial charge in [0.05, 0.1) is 31.6 Å². The van der Waals surface area contributed by atoms with Gasteiger partial charge in [-0.3, -0.25) is 0 Å². The maximum absolute atomic E-state index is 12.9. The highest BCUT2D eigenvalue weighted by Crippen LogP contribution is 2.29. The lowest BCUT2D eigenvalue weighted by Gasteiger charge is -2.38. The van der Waals surface area contributed by atoms with E-state index in [9.17, 15) is 4.79 Å². The zero-order valence-electron chi connectivity index (χ0n) is 18.0. The number of aryl methyl sites for hydroxylation is 1. The first-order valence-corrected chi connectivity index (χ1v) is 10.4. The standard InChI is InChI=1S/C22H29N5O3/c1-14-11-27(12-15(2)30-14)21-19-13-26(9-8-20(19)23-16(3)24-21)22(28)25-17-6-5-7-18(10-17)29-4/h5-7,10,14-15H,8-9,11-13H2,1-4H3,(H,25,28)/t14-,15-/m0/s1. The Labute approximate surface area is 177 Å². The molecular formula is C22H29N5O3. The predicted molar refractivity (Wildman–Crippen MR) is 115 cm³/mol. The van der Waals surface area contributed by atoms with Gasteiger partial charge < -0.3 is 24.6 Å². The van der Waals surface area contributed by atoms with Crippen LogP contribution in [0.2, 0.25) is 0 Å². The van der Waals surface area contributed by atoms with Crippen LogP contribution in [-0.4, -0.2) is 59.9 Å². The molecule has 0 saturated carbocycles. The number of fused-ring (bicyclic) bond motifs is 1. The third-order valence-electron chi connectivity index (χ3n) is 5.48. The minimum Gasteiger partial charge on any atom is -0.497 e. The average Bonchev–Trinajstić information content (AvgIpc) is 2.72. The fraction of sp³-hybridized carbons (Fsp3) is 0.500. The first-order chi connectivity index (χ1) is 14.4. The summed E-state index contributed by atoms with van der Waals surface area (Å²) in [6, 6.07) is 7.24. The Bertz CT molecular complexity index is 925. The fourth-order valence-electron chi connectivity index (χ4n) is 4.21. The van der Waals surface area contributed by atoms with Crippen molar-refractivity contribution in [2.24, 2.45) is 0 Å². The van der Waals surface area contributed by atoms with Gasteiger partial charge >= 0.3 is 6.03 Å². The highest BCUT2D eigenvalue weighted by Gasteiger charge is 2.30.